The van der Waals surface area contributed by atoms with Crippen LogP contribution in [0.4, 0.5) is 28.0 Å². The highest BCUT2D eigenvalue weighted by Gasteiger charge is 2.39. The standard InChI is InChI=1S/C19H13Cl2F4NO2/c20-14-8-12(9-15(21)17(14)22)13(19(23,24)25)3-1-10-2-4-16-11(7-10)5-6-26(16)18(27)28/h1-4,7-9,13H,5-6H2,(H,27,28). The Balaban J connectivity index is 1.93. The smallest absolute Gasteiger partial charge is 0.411 e. The third-order valence-electron chi connectivity index (χ3n) is 4.43. The number of hydrogen-bond donors (Lipinski definition) is 1. The number of benzene rings is 2. The predicted molar refractivity (Wildman–Crippen MR) is 99.8 cm³/mol. The summed E-state index contributed by atoms with van der Waals surface area (Å²) in [5.41, 5.74) is 1.47. The van der Waals surface area contributed by atoms with Gasteiger partial charge in [-0.1, -0.05) is 41.4 Å². The van der Waals surface area contributed by atoms with E-state index in [1.54, 1.807) is 12.1 Å². The third kappa shape index (κ3) is 4.10. The number of halogens is 6. The first-order valence-corrected chi connectivity index (χ1v) is 8.86. The lowest BCUT2D eigenvalue weighted by Gasteiger charge is -2.18. The summed E-state index contributed by atoms with van der Waals surface area (Å²) in [7, 11) is 0. The highest BCUT2D eigenvalue weighted by molar-refractivity contribution is 6.35. The van der Waals surface area contributed by atoms with E-state index in [0.717, 1.165) is 23.8 Å². The van der Waals surface area contributed by atoms with E-state index >= 15 is 0 Å². The molecule has 148 valence electrons. The van der Waals surface area contributed by atoms with Crippen LogP contribution < -0.4 is 4.90 Å². The molecular weight excluding hydrogens is 421 g/mol. The van der Waals surface area contributed by atoms with Crippen LogP contribution in [0.2, 0.25) is 10.0 Å². The maximum absolute atomic E-state index is 13.5. The zero-order chi connectivity index (χ0) is 20.6. The molecule has 0 aliphatic carbocycles. The fraction of sp³-hybridized carbons (Fsp3) is 0.211. The van der Waals surface area contributed by atoms with Gasteiger partial charge in [0, 0.05) is 6.54 Å². The lowest BCUT2D eigenvalue weighted by molar-refractivity contribution is -0.139. The molecule has 0 bridgehead atoms. The van der Waals surface area contributed by atoms with Gasteiger partial charge in [-0.25, -0.2) is 9.18 Å². The van der Waals surface area contributed by atoms with E-state index in [1.807, 2.05) is 0 Å². The summed E-state index contributed by atoms with van der Waals surface area (Å²) in [5, 5.41) is 8.15. The van der Waals surface area contributed by atoms with Gasteiger partial charge in [-0.15, -0.1) is 0 Å². The Labute approximate surface area is 167 Å². The van der Waals surface area contributed by atoms with Gasteiger partial charge in [0.25, 0.3) is 0 Å². The van der Waals surface area contributed by atoms with Crippen molar-refractivity contribution in [2.45, 2.75) is 18.5 Å². The Hall–Kier alpha value is -2.25. The Morgan fingerprint density at radius 1 is 1.18 bits per heavy atom. The van der Waals surface area contributed by atoms with Gasteiger partial charge in [-0.05, 0) is 47.4 Å². The highest BCUT2D eigenvalue weighted by atomic mass is 35.5. The number of alkyl halides is 3. The molecule has 28 heavy (non-hydrogen) atoms. The zero-order valence-electron chi connectivity index (χ0n) is 14.1. The number of rotatable bonds is 3. The molecule has 0 radical (unpaired) electrons. The molecule has 1 unspecified atom stereocenters. The maximum Gasteiger partial charge on any atom is 0.411 e. The second-order valence-corrected chi connectivity index (χ2v) is 7.06. The average Bonchev–Trinajstić information content (AvgIpc) is 3.02. The Morgan fingerprint density at radius 3 is 2.39 bits per heavy atom. The van der Waals surface area contributed by atoms with Crippen molar-refractivity contribution < 1.29 is 27.5 Å². The number of fused-ring (bicyclic) bond motifs is 1. The number of allylic oxidation sites excluding steroid dienone is 1. The number of carboxylic acid groups (broad SMARTS) is 1. The Morgan fingerprint density at radius 2 is 1.82 bits per heavy atom. The Kier molecular flexibility index (Phi) is 5.59. The molecule has 2 aromatic carbocycles. The number of hydrogen-bond acceptors (Lipinski definition) is 1. The molecule has 1 atom stereocenters. The van der Waals surface area contributed by atoms with Crippen molar-refractivity contribution in [1.29, 1.82) is 0 Å². The average molecular weight is 434 g/mol. The summed E-state index contributed by atoms with van der Waals surface area (Å²) >= 11 is 11.3. The molecule has 0 spiro atoms. The van der Waals surface area contributed by atoms with Gasteiger partial charge in [0.1, 0.15) is 0 Å². The fourth-order valence-electron chi connectivity index (χ4n) is 3.10. The minimum Gasteiger partial charge on any atom is -0.465 e. The molecule has 0 fully saturated rings. The van der Waals surface area contributed by atoms with Gasteiger partial charge in [0.2, 0.25) is 0 Å². The van der Waals surface area contributed by atoms with Crippen molar-refractivity contribution in [1.82, 2.24) is 0 Å². The van der Waals surface area contributed by atoms with Crippen molar-refractivity contribution in [2.75, 3.05) is 11.4 Å². The van der Waals surface area contributed by atoms with Crippen LogP contribution >= 0.6 is 23.2 Å². The first-order chi connectivity index (χ1) is 13.1. The molecular formula is C19H13Cl2F4NO2. The normalized spacial score (nSPS) is 15.1. The molecule has 1 amide bonds. The summed E-state index contributed by atoms with van der Waals surface area (Å²) in [6.45, 7) is 0.301. The van der Waals surface area contributed by atoms with E-state index in [0.29, 0.717) is 24.2 Å². The minimum absolute atomic E-state index is 0.279. The molecule has 1 aliphatic heterocycles. The molecule has 1 N–H and O–H groups in total. The molecule has 0 saturated heterocycles. The molecule has 9 heteroatoms. The van der Waals surface area contributed by atoms with E-state index < -0.39 is 34.0 Å². The van der Waals surface area contributed by atoms with Crippen LogP contribution in [0, 0.1) is 5.82 Å². The SMILES string of the molecule is O=C(O)N1CCc2cc(C=CC(c3cc(Cl)c(F)c(Cl)c3)C(F)(F)F)ccc21. The zero-order valence-corrected chi connectivity index (χ0v) is 15.6. The minimum atomic E-state index is -4.64. The van der Waals surface area contributed by atoms with Gasteiger partial charge >= 0.3 is 12.3 Å². The van der Waals surface area contributed by atoms with Crippen LogP contribution in [0.5, 0.6) is 0 Å². The summed E-state index contributed by atoms with van der Waals surface area (Å²) in [4.78, 5) is 12.3. The topological polar surface area (TPSA) is 40.5 Å². The van der Waals surface area contributed by atoms with Crippen molar-refractivity contribution in [3.8, 4) is 0 Å². The molecule has 0 aromatic heterocycles. The highest BCUT2D eigenvalue weighted by Crippen LogP contribution is 2.39. The van der Waals surface area contributed by atoms with Crippen molar-refractivity contribution in [2.24, 2.45) is 0 Å². The van der Waals surface area contributed by atoms with E-state index in [4.69, 9.17) is 28.3 Å². The summed E-state index contributed by atoms with van der Waals surface area (Å²) in [5.74, 6) is -3.01. The van der Waals surface area contributed by atoms with Crippen molar-refractivity contribution >= 4 is 41.1 Å². The first kappa shape index (κ1) is 20.5. The van der Waals surface area contributed by atoms with E-state index in [-0.39, 0.29) is 5.56 Å². The van der Waals surface area contributed by atoms with Crippen LogP contribution in [0.25, 0.3) is 6.08 Å². The Bertz CT molecular complexity index is 936. The molecule has 0 saturated carbocycles. The van der Waals surface area contributed by atoms with E-state index in [9.17, 15) is 22.4 Å². The van der Waals surface area contributed by atoms with E-state index in [2.05, 4.69) is 0 Å². The largest absolute Gasteiger partial charge is 0.465 e. The number of carbonyl (C=O) groups is 1. The second-order valence-electron chi connectivity index (χ2n) is 6.25. The third-order valence-corrected chi connectivity index (χ3v) is 4.98. The van der Waals surface area contributed by atoms with Crippen LogP contribution in [0.15, 0.2) is 36.4 Å². The lowest BCUT2D eigenvalue weighted by atomic mass is 9.96. The van der Waals surface area contributed by atoms with Gasteiger partial charge in [0.05, 0.1) is 21.7 Å². The molecule has 2 aromatic rings. The molecule has 3 rings (SSSR count). The quantitative estimate of drug-likeness (QED) is 0.441. The summed E-state index contributed by atoms with van der Waals surface area (Å²) in [6, 6.07) is 6.54. The van der Waals surface area contributed by atoms with Crippen molar-refractivity contribution in [3.05, 3.63) is 69.0 Å². The maximum atomic E-state index is 13.5. The second kappa shape index (κ2) is 7.64. The number of nitrogens with zero attached hydrogens (tertiary/aromatic N) is 1. The first-order valence-electron chi connectivity index (χ1n) is 8.10. The molecule has 1 heterocycles. The molecule has 3 nitrogen and oxygen atoms in total. The van der Waals surface area contributed by atoms with Gasteiger partial charge < -0.3 is 5.11 Å². The molecule has 1 aliphatic rings. The monoisotopic (exact) mass is 433 g/mol. The lowest BCUT2D eigenvalue weighted by Crippen LogP contribution is -2.26. The summed E-state index contributed by atoms with van der Waals surface area (Å²) < 4.78 is 54.1. The summed E-state index contributed by atoms with van der Waals surface area (Å²) in [6.07, 6.45) is -3.02. The van der Waals surface area contributed by atoms with Crippen LogP contribution in [0.1, 0.15) is 22.6 Å². The predicted octanol–water partition coefficient (Wildman–Crippen LogP) is 6.53. The van der Waals surface area contributed by atoms with Crippen LogP contribution in [-0.4, -0.2) is 23.9 Å². The van der Waals surface area contributed by atoms with Crippen LogP contribution in [0.3, 0.4) is 0 Å². The van der Waals surface area contributed by atoms with Crippen molar-refractivity contribution in [3.63, 3.8) is 0 Å². The number of anilines is 1. The van der Waals surface area contributed by atoms with Gasteiger partial charge in [-0.2, -0.15) is 13.2 Å². The fourth-order valence-corrected chi connectivity index (χ4v) is 3.60. The van der Waals surface area contributed by atoms with Crippen LogP contribution in [-0.2, 0) is 6.42 Å². The number of amides is 1. The van der Waals surface area contributed by atoms with Gasteiger partial charge in [-0.3, -0.25) is 4.90 Å². The van der Waals surface area contributed by atoms with Gasteiger partial charge in [0.15, 0.2) is 5.82 Å². The van der Waals surface area contributed by atoms with E-state index in [1.165, 1.54) is 17.0 Å².